The summed E-state index contributed by atoms with van der Waals surface area (Å²) in [5.74, 6) is 2.17. The first-order chi connectivity index (χ1) is 11.1. The van der Waals surface area contributed by atoms with Crippen LogP contribution in [-0.2, 0) is 13.0 Å². The molecule has 1 spiro atoms. The second-order valence-electron chi connectivity index (χ2n) is 8.10. The van der Waals surface area contributed by atoms with E-state index in [1.807, 2.05) is 0 Å². The van der Waals surface area contributed by atoms with Gasteiger partial charge in [-0.1, -0.05) is 19.0 Å². The Kier molecular flexibility index (Phi) is 9.16. The molecular weight excluding hydrogens is 359 g/mol. The van der Waals surface area contributed by atoms with E-state index in [9.17, 15) is 0 Å². The van der Waals surface area contributed by atoms with E-state index < -0.39 is 0 Å². The lowest BCUT2D eigenvalue weighted by Crippen LogP contribution is -2.43. The maximum Gasteiger partial charge on any atom is 0.226 e. The van der Waals surface area contributed by atoms with Crippen molar-refractivity contribution in [2.45, 2.75) is 71.4 Å². The topological polar surface area (TPSA) is 54.2 Å². The van der Waals surface area contributed by atoms with Gasteiger partial charge >= 0.3 is 0 Å². The summed E-state index contributed by atoms with van der Waals surface area (Å²) < 4.78 is 5.36. The van der Waals surface area contributed by atoms with Gasteiger partial charge in [0, 0.05) is 12.5 Å². The van der Waals surface area contributed by atoms with Gasteiger partial charge in [0.25, 0.3) is 0 Å². The summed E-state index contributed by atoms with van der Waals surface area (Å²) in [5.41, 5.74) is 0.638. The Bertz CT molecular complexity index is 493. The predicted molar refractivity (Wildman–Crippen MR) is 106 cm³/mol. The normalized spacial score (nSPS) is 20.5. The molecule has 0 radical (unpaired) electrons. The Hall–Kier alpha value is -0.360. The monoisotopic (exact) mass is 392 g/mol. The highest BCUT2D eigenvalue weighted by Gasteiger charge is 2.37. The van der Waals surface area contributed by atoms with Crippen molar-refractivity contribution in [1.29, 1.82) is 0 Å². The number of hydrogen-bond acceptors (Lipinski definition) is 5. The van der Waals surface area contributed by atoms with Crippen molar-refractivity contribution in [3.63, 3.8) is 0 Å². The molecule has 2 heterocycles. The fraction of sp³-hybridized carbons (Fsp3) is 0.889. The van der Waals surface area contributed by atoms with Gasteiger partial charge < -0.3 is 9.84 Å². The summed E-state index contributed by atoms with van der Waals surface area (Å²) >= 11 is 0. The molecule has 0 amide bonds. The summed E-state index contributed by atoms with van der Waals surface area (Å²) in [6, 6.07) is 0.669. The van der Waals surface area contributed by atoms with E-state index in [0.29, 0.717) is 17.4 Å². The van der Waals surface area contributed by atoms with Gasteiger partial charge in [-0.15, -0.1) is 24.8 Å². The van der Waals surface area contributed by atoms with Crippen molar-refractivity contribution in [2.75, 3.05) is 20.1 Å². The highest BCUT2D eigenvalue weighted by Crippen LogP contribution is 2.44. The first-order valence-electron chi connectivity index (χ1n) is 9.29. The minimum Gasteiger partial charge on any atom is -0.339 e. The van der Waals surface area contributed by atoms with Crippen LogP contribution in [-0.4, -0.2) is 41.2 Å². The summed E-state index contributed by atoms with van der Waals surface area (Å²) in [5, 5.41) is 7.65. The van der Waals surface area contributed by atoms with Crippen LogP contribution in [0.1, 0.15) is 64.1 Å². The van der Waals surface area contributed by atoms with Crippen LogP contribution in [0.5, 0.6) is 0 Å². The molecule has 25 heavy (non-hydrogen) atoms. The number of piperidine rings is 1. The third kappa shape index (κ3) is 6.09. The molecule has 2 aliphatic rings. The van der Waals surface area contributed by atoms with Crippen molar-refractivity contribution >= 4 is 24.8 Å². The molecular formula is C18H34Cl2N4O. The van der Waals surface area contributed by atoms with Crippen LogP contribution in [0.3, 0.4) is 0 Å². The van der Waals surface area contributed by atoms with E-state index in [4.69, 9.17) is 4.52 Å². The number of aromatic nitrogens is 2. The Balaban J connectivity index is 0.00000156. The number of halogens is 2. The second-order valence-corrected chi connectivity index (χ2v) is 8.10. The first-order valence-corrected chi connectivity index (χ1v) is 9.29. The Morgan fingerprint density at radius 2 is 1.80 bits per heavy atom. The van der Waals surface area contributed by atoms with E-state index in [2.05, 4.69) is 41.3 Å². The molecule has 1 aliphatic heterocycles. The molecule has 1 N–H and O–H groups in total. The molecule has 1 saturated carbocycles. The number of rotatable bonds is 5. The fourth-order valence-electron chi connectivity index (χ4n) is 4.25. The fourth-order valence-corrected chi connectivity index (χ4v) is 4.25. The molecule has 2 fully saturated rings. The number of nitrogens with zero attached hydrogens (tertiary/aromatic N) is 3. The lowest BCUT2D eigenvalue weighted by atomic mass is 9.67. The lowest BCUT2D eigenvalue weighted by Gasteiger charge is -2.45. The van der Waals surface area contributed by atoms with Gasteiger partial charge in [0.05, 0.1) is 6.54 Å². The van der Waals surface area contributed by atoms with E-state index >= 15 is 0 Å². The highest BCUT2D eigenvalue weighted by atomic mass is 35.5. The van der Waals surface area contributed by atoms with Gasteiger partial charge in [0.15, 0.2) is 5.82 Å². The molecule has 1 aromatic rings. The Labute approximate surface area is 164 Å². The van der Waals surface area contributed by atoms with Crippen LogP contribution in [0.25, 0.3) is 0 Å². The second kappa shape index (κ2) is 10.1. The van der Waals surface area contributed by atoms with E-state index in [1.165, 1.54) is 51.6 Å². The molecule has 0 unspecified atom stereocenters. The third-order valence-corrected chi connectivity index (χ3v) is 5.79. The predicted octanol–water partition coefficient (Wildman–Crippen LogP) is 3.86. The largest absolute Gasteiger partial charge is 0.339 e. The molecule has 7 heteroatoms. The van der Waals surface area contributed by atoms with Crippen LogP contribution in [0.2, 0.25) is 0 Å². The van der Waals surface area contributed by atoms with Gasteiger partial charge in [0.1, 0.15) is 0 Å². The maximum absolute atomic E-state index is 5.36. The van der Waals surface area contributed by atoms with Gasteiger partial charge in [-0.25, -0.2) is 0 Å². The van der Waals surface area contributed by atoms with Gasteiger partial charge in [-0.05, 0) is 70.0 Å². The van der Waals surface area contributed by atoms with Crippen LogP contribution >= 0.6 is 24.8 Å². The Morgan fingerprint density at radius 1 is 1.16 bits per heavy atom. The van der Waals surface area contributed by atoms with Gasteiger partial charge in [0.2, 0.25) is 5.89 Å². The highest BCUT2D eigenvalue weighted by molar-refractivity contribution is 5.85. The first kappa shape index (κ1) is 22.7. The minimum absolute atomic E-state index is 0. The summed E-state index contributed by atoms with van der Waals surface area (Å²) in [6.45, 7) is 7.58. The van der Waals surface area contributed by atoms with Gasteiger partial charge in [-0.2, -0.15) is 4.98 Å². The van der Waals surface area contributed by atoms with Crippen molar-refractivity contribution in [2.24, 2.45) is 11.3 Å². The van der Waals surface area contributed by atoms with E-state index in [0.717, 1.165) is 24.7 Å². The van der Waals surface area contributed by atoms with Crippen LogP contribution in [0.15, 0.2) is 4.52 Å². The summed E-state index contributed by atoms with van der Waals surface area (Å²) in [4.78, 5) is 6.97. The average Bonchev–Trinajstić information content (AvgIpc) is 2.95. The molecule has 1 aliphatic carbocycles. The molecule has 3 rings (SSSR count). The van der Waals surface area contributed by atoms with Crippen LogP contribution in [0, 0.1) is 11.3 Å². The number of hydrogen-bond donors (Lipinski definition) is 1. The molecule has 0 atom stereocenters. The molecule has 146 valence electrons. The van der Waals surface area contributed by atoms with Crippen LogP contribution in [0.4, 0.5) is 0 Å². The van der Waals surface area contributed by atoms with Crippen LogP contribution < -0.4 is 5.32 Å². The lowest BCUT2D eigenvalue weighted by molar-refractivity contribution is 0.0726. The van der Waals surface area contributed by atoms with Gasteiger partial charge in [-0.3, -0.25) is 4.90 Å². The average molecular weight is 393 g/mol. The smallest absolute Gasteiger partial charge is 0.226 e. The third-order valence-electron chi connectivity index (χ3n) is 5.79. The zero-order valence-corrected chi connectivity index (χ0v) is 17.4. The molecule has 0 aromatic carbocycles. The zero-order valence-electron chi connectivity index (χ0n) is 15.8. The SMILES string of the molecule is CC(C)Cc1nc(CN(C)C2CCC3(CCNCC3)CC2)no1.Cl.Cl. The molecule has 5 nitrogen and oxygen atoms in total. The molecule has 1 saturated heterocycles. The Morgan fingerprint density at radius 3 is 2.40 bits per heavy atom. The van der Waals surface area contributed by atoms with Crippen molar-refractivity contribution in [3.05, 3.63) is 11.7 Å². The minimum atomic E-state index is 0. The number of nitrogens with one attached hydrogen (secondary N) is 1. The zero-order chi connectivity index (χ0) is 16.3. The van der Waals surface area contributed by atoms with Crippen molar-refractivity contribution in [1.82, 2.24) is 20.4 Å². The van der Waals surface area contributed by atoms with E-state index in [-0.39, 0.29) is 24.8 Å². The van der Waals surface area contributed by atoms with Crippen molar-refractivity contribution in [3.8, 4) is 0 Å². The summed E-state index contributed by atoms with van der Waals surface area (Å²) in [7, 11) is 2.21. The maximum atomic E-state index is 5.36. The van der Waals surface area contributed by atoms with E-state index in [1.54, 1.807) is 0 Å². The standard InChI is InChI=1S/C18H32N4O.2ClH/c1-14(2)12-17-20-16(21-23-17)13-22(3)15-4-6-18(7-5-15)8-10-19-11-9-18;;/h14-15,19H,4-13H2,1-3H3;2*1H. The summed E-state index contributed by atoms with van der Waals surface area (Å²) in [6.07, 6.45) is 9.00. The molecule has 1 aromatic heterocycles. The quantitative estimate of drug-likeness (QED) is 0.824. The van der Waals surface area contributed by atoms with Crippen molar-refractivity contribution < 1.29 is 4.52 Å². The molecule has 0 bridgehead atoms.